The van der Waals surface area contributed by atoms with Gasteiger partial charge in [0.1, 0.15) is 5.78 Å². The van der Waals surface area contributed by atoms with Crippen molar-refractivity contribution in [3.8, 4) is 0 Å². The Morgan fingerprint density at radius 3 is 2.17 bits per heavy atom. The molecule has 0 N–H and O–H groups in total. The molecule has 1 amide bonds. The Hall–Kier alpha value is -1.64. The fraction of sp³-hybridized carbons (Fsp3) is 0.467. The lowest BCUT2D eigenvalue weighted by Gasteiger charge is -2.17. The standard InChI is InChI=1S/C15H21NO2/c1-12-8-10-14(11-9-12)16(3)15(18)7-5-4-6-13(2)17/h8-11H,4-7H2,1-3H3. The van der Waals surface area contributed by atoms with Crippen LogP contribution in [0.25, 0.3) is 0 Å². The molecule has 1 rings (SSSR count). The van der Waals surface area contributed by atoms with Gasteiger partial charge in [-0.25, -0.2) is 0 Å². The summed E-state index contributed by atoms with van der Waals surface area (Å²) in [5, 5.41) is 0. The number of aryl methyl sites for hydroxylation is 1. The third kappa shape index (κ3) is 4.70. The molecule has 1 aromatic carbocycles. The molecular formula is C15H21NO2. The number of rotatable bonds is 6. The van der Waals surface area contributed by atoms with E-state index in [9.17, 15) is 9.59 Å². The van der Waals surface area contributed by atoms with Gasteiger partial charge < -0.3 is 9.69 Å². The van der Waals surface area contributed by atoms with Gasteiger partial charge in [-0.15, -0.1) is 0 Å². The normalized spacial score (nSPS) is 10.2. The highest BCUT2D eigenvalue weighted by Gasteiger charge is 2.10. The van der Waals surface area contributed by atoms with Crippen molar-refractivity contribution in [1.82, 2.24) is 0 Å². The van der Waals surface area contributed by atoms with Gasteiger partial charge in [-0.2, -0.15) is 0 Å². The van der Waals surface area contributed by atoms with Crippen LogP contribution in [0, 0.1) is 6.92 Å². The Labute approximate surface area is 109 Å². The lowest BCUT2D eigenvalue weighted by molar-refractivity contribution is -0.119. The Bertz CT molecular complexity index is 409. The average molecular weight is 247 g/mol. The van der Waals surface area contributed by atoms with Crippen LogP contribution in [0.3, 0.4) is 0 Å². The molecule has 0 bridgehead atoms. The number of ketones is 1. The Balaban J connectivity index is 2.41. The van der Waals surface area contributed by atoms with Gasteiger partial charge in [0.15, 0.2) is 0 Å². The van der Waals surface area contributed by atoms with E-state index in [1.54, 1.807) is 18.9 Å². The van der Waals surface area contributed by atoms with Crippen molar-refractivity contribution >= 4 is 17.4 Å². The van der Waals surface area contributed by atoms with E-state index in [-0.39, 0.29) is 11.7 Å². The Kier molecular flexibility index (Phi) is 5.56. The van der Waals surface area contributed by atoms with Gasteiger partial charge in [0.25, 0.3) is 0 Å². The van der Waals surface area contributed by atoms with Crippen LogP contribution in [0.4, 0.5) is 5.69 Å². The van der Waals surface area contributed by atoms with Crippen molar-refractivity contribution in [3.63, 3.8) is 0 Å². The lowest BCUT2D eigenvalue weighted by atomic mass is 10.1. The molecule has 0 radical (unpaired) electrons. The zero-order valence-electron chi connectivity index (χ0n) is 11.4. The molecule has 1 aromatic rings. The minimum Gasteiger partial charge on any atom is -0.316 e. The van der Waals surface area contributed by atoms with Crippen molar-refractivity contribution < 1.29 is 9.59 Å². The minimum atomic E-state index is 0.0994. The summed E-state index contributed by atoms with van der Waals surface area (Å²) in [6, 6.07) is 7.88. The van der Waals surface area contributed by atoms with Crippen LogP contribution in [0.2, 0.25) is 0 Å². The maximum atomic E-state index is 11.9. The summed E-state index contributed by atoms with van der Waals surface area (Å²) < 4.78 is 0. The Morgan fingerprint density at radius 2 is 1.61 bits per heavy atom. The van der Waals surface area contributed by atoms with E-state index >= 15 is 0 Å². The maximum Gasteiger partial charge on any atom is 0.226 e. The lowest BCUT2D eigenvalue weighted by Crippen LogP contribution is -2.25. The van der Waals surface area contributed by atoms with E-state index in [1.807, 2.05) is 31.2 Å². The van der Waals surface area contributed by atoms with Crippen molar-refractivity contribution in [2.75, 3.05) is 11.9 Å². The molecule has 3 nitrogen and oxygen atoms in total. The molecule has 98 valence electrons. The number of nitrogens with zero attached hydrogens (tertiary/aromatic N) is 1. The van der Waals surface area contributed by atoms with Gasteiger partial charge >= 0.3 is 0 Å². The van der Waals surface area contributed by atoms with E-state index in [0.29, 0.717) is 12.8 Å². The fourth-order valence-corrected chi connectivity index (χ4v) is 1.73. The summed E-state index contributed by atoms with van der Waals surface area (Å²) in [5.41, 5.74) is 2.10. The summed E-state index contributed by atoms with van der Waals surface area (Å²) in [5.74, 6) is 0.289. The summed E-state index contributed by atoms with van der Waals surface area (Å²) in [7, 11) is 1.79. The number of benzene rings is 1. The third-order valence-corrected chi connectivity index (χ3v) is 2.96. The highest BCUT2D eigenvalue weighted by Crippen LogP contribution is 2.15. The van der Waals surface area contributed by atoms with E-state index in [1.165, 1.54) is 5.56 Å². The second-order valence-electron chi connectivity index (χ2n) is 4.70. The first-order valence-electron chi connectivity index (χ1n) is 6.33. The predicted molar refractivity (Wildman–Crippen MR) is 73.7 cm³/mol. The van der Waals surface area contributed by atoms with E-state index in [0.717, 1.165) is 18.5 Å². The van der Waals surface area contributed by atoms with Crippen LogP contribution < -0.4 is 4.90 Å². The van der Waals surface area contributed by atoms with Gasteiger partial charge in [-0.3, -0.25) is 4.79 Å². The molecule has 0 atom stereocenters. The zero-order valence-corrected chi connectivity index (χ0v) is 11.4. The molecule has 0 aliphatic heterocycles. The second kappa shape index (κ2) is 6.94. The summed E-state index contributed by atoms with van der Waals surface area (Å²) in [4.78, 5) is 24.4. The molecule has 0 heterocycles. The smallest absolute Gasteiger partial charge is 0.226 e. The van der Waals surface area contributed by atoms with Crippen molar-refractivity contribution in [2.45, 2.75) is 39.5 Å². The van der Waals surface area contributed by atoms with Gasteiger partial charge in [0.05, 0.1) is 0 Å². The molecule has 3 heteroatoms. The predicted octanol–water partition coefficient (Wildman–Crippen LogP) is 3.11. The van der Waals surface area contributed by atoms with Gasteiger partial charge in [-0.05, 0) is 38.8 Å². The van der Waals surface area contributed by atoms with Crippen molar-refractivity contribution in [3.05, 3.63) is 29.8 Å². The van der Waals surface area contributed by atoms with Crippen LogP contribution in [-0.2, 0) is 9.59 Å². The molecule has 0 aromatic heterocycles. The van der Waals surface area contributed by atoms with Crippen molar-refractivity contribution in [2.24, 2.45) is 0 Å². The summed E-state index contributed by atoms with van der Waals surface area (Å²) in [6.45, 7) is 3.60. The monoisotopic (exact) mass is 247 g/mol. The molecule has 0 aliphatic carbocycles. The highest BCUT2D eigenvalue weighted by atomic mass is 16.2. The SMILES string of the molecule is CC(=O)CCCCC(=O)N(C)c1ccc(C)cc1. The first-order chi connectivity index (χ1) is 8.50. The second-order valence-corrected chi connectivity index (χ2v) is 4.70. The van der Waals surface area contributed by atoms with Crippen LogP contribution in [0.15, 0.2) is 24.3 Å². The van der Waals surface area contributed by atoms with E-state index in [4.69, 9.17) is 0 Å². The first-order valence-corrected chi connectivity index (χ1v) is 6.33. The molecule has 0 saturated carbocycles. The van der Waals surface area contributed by atoms with Gasteiger partial charge in [0, 0.05) is 25.6 Å². The van der Waals surface area contributed by atoms with E-state index < -0.39 is 0 Å². The van der Waals surface area contributed by atoms with Gasteiger partial charge in [-0.1, -0.05) is 17.7 Å². The molecule has 0 unspecified atom stereocenters. The summed E-state index contributed by atoms with van der Waals surface area (Å²) in [6.07, 6.45) is 2.64. The van der Waals surface area contributed by atoms with Crippen LogP contribution in [-0.4, -0.2) is 18.7 Å². The van der Waals surface area contributed by atoms with Crippen molar-refractivity contribution in [1.29, 1.82) is 0 Å². The van der Waals surface area contributed by atoms with Crippen LogP contribution in [0.1, 0.15) is 38.2 Å². The van der Waals surface area contributed by atoms with E-state index in [2.05, 4.69) is 0 Å². The zero-order chi connectivity index (χ0) is 13.5. The maximum absolute atomic E-state index is 11.9. The van der Waals surface area contributed by atoms with Crippen LogP contribution >= 0.6 is 0 Å². The van der Waals surface area contributed by atoms with Crippen LogP contribution in [0.5, 0.6) is 0 Å². The number of carbonyl (C=O) groups excluding carboxylic acids is 2. The number of Topliss-reactive ketones (excluding diaryl/α,β-unsaturated/α-hetero) is 1. The quantitative estimate of drug-likeness (QED) is 0.724. The molecule has 18 heavy (non-hydrogen) atoms. The molecule has 0 saturated heterocycles. The Morgan fingerprint density at radius 1 is 1.06 bits per heavy atom. The first kappa shape index (κ1) is 14.4. The number of carbonyl (C=O) groups is 2. The number of anilines is 1. The molecule has 0 fully saturated rings. The minimum absolute atomic E-state index is 0.0994. The topological polar surface area (TPSA) is 37.4 Å². The number of hydrogen-bond acceptors (Lipinski definition) is 2. The number of amides is 1. The third-order valence-electron chi connectivity index (χ3n) is 2.96. The van der Waals surface area contributed by atoms with Gasteiger partial charge in [0.2, 0.25) is 5.91 Å². The number of unbranched alkanes of at least 4 members (excludes halogenated alkanes) is 1. The molecule has 0 aliphatic rings. The largest absolute Gasteiger partial charge is 0.316 e. The number of hydrogen-bond donors (Lipinski definition) is 0. The highest BCUT2D eigenvalue weighted by molar-refractivity contribution is 5.92. The molecule has 0 spiro atoms. The summed E-state index contributed by atoms with van der Waals surface area (Å²) >= 11 is 0. The fourth-order valence-electron chi connectivity index (χ4n) is 1.73. The molecular weight excluding hydrogens is 226 g/mol. The average Bonchev–Trinajstić information content (AvgIpc) is 2.34.